The Bertz CT molecular complexity index is 545. The summed E-state index contributed by atoms with van der Waals surface area (Å²) in [6.07, 6.45) is 0. The normalized spacial score (nSPS) is 10.0. The average molecular weight is 229 g/mol. The number of hydrogen-bond donors (Lipinski definition) is 0. The summed E-state index contributed by atoms with van der Waals surface area (Å²) in [5.74, 6) is 1.35. The van der Waals surface area contributed by atoms with Crippen molar-refractivity contribution in [2.24, 2.45) is 0 Å². The number of nitriles is 1. The van der Waals surface area contributed by atoms with Gasteiger partial charge in [0.15, 0.2) is 0 Å². The molecule has 0 spiro atoms. The molecule has 3 heteroatoms. The van der Waals surface area contributed by atoms with Crippen molar-refractivity contribution in [3.05, 3.63) is 36.4 Å². The number of hydrogen-bond acceptors (Lipinski definition) is 3. The number of nitrogens with zero attached hydrogens (tertiary/aromatic N) is 1. The van der Waals surface area contributed by atoms with Crippen molar-refractivity contribution in [1.82, 2.24) is 0 Å². The summed E-state index contributed by atoms with van der Waals surface area (Å²) in [6, 6.07) is 14.3. The van der Waals surface area contributed by atoms with Crippen molar-refractivity contribution >= 4 is 22.5 Å². The van der Waals surface area contributed by atoms with Crippen LogP contribution in [0.2, 0.25) is 0 Å². The molecule has 0 saturated carbocycles. The van der Waals surface area contributed by atoms with Gasteiger partial charge in [-0.2, -0.15) is 5.26 Å². The molecule has 0 atom stereocenters. The van der Waals surface area contributed by atoms with Gasteiger partial charge >= 0.3 is 0 Å². The molecule has 0 heterocycles. The van der Waals surface area contributed by atoms with E-state index >= 15 is 0 Å². The lowest BCUT2D eigenvalue weighted by Crippen LogP contribution is -1.82. The molecule has 0 N–H and O–H groups in total. The number of benzene rings is 2. The van der Waals surface area contributed by atoms with E-state index in [1.165, 1.54) is 5.39 Å². The third-order valence-electron chi connectivity index (χ3n) is 2.32. The smallest absolute Gasteiger partial charge is 0.119 e. The van der Waals surface area contributed by atoms with Crippen LogP contribution in [-0.4, -0.2) is 12.9 Å². The van der Waals surface area contributed by atoms with Crippen LogP contribution in [0.15, 0.2) is 41.3 Å². The monoisotopic (exact) mass is 229 g/mol. The van der Waals surface area contributed by atoms with Crippen LogP contribution in [-0.2, 0) is 0 Å². The molecule has 2 aromatic carbocycles. The number of ether oxygens (including phenoxy) is 1. The molecule has 0 saturated heterocycles. The van der Waals surface area contributed by atoms with Gasteiger partial charge in [-0.05, 0) is 35.0 Å². The minimum Gasteiger partial charge on any atom is -0.497 e. The SMILES string of the molecule is COc1ccc2cc(SCC#N)ccc2c1. The lowest BCUT2D eigenvalue weighted by molar-refractivity contribution is 0.415. The molecule has 2 nitrogen and oxygen atoms in total. The minimum absolute atomic E-state index is 0.488. The van der Waals surface area contributed by atoms with Crippen LogP contribution in [0.25, 0.3) is 10.8 Å². The van der Waals surface area contributed by atoms with Gasteiger partial charge in [0.25, 0.3) is 0 Å². The predicted octanol–water partition coefficient (Wildman–Crippen LogP) is 3.46. The van der Waals surface area contributed by atoms with E-state index in [1.807, 2.05) is 24.3 Å². The van der Waals surface area contributed by atoms with Crippen LogP contribution in [0.5, 0.6) is 5.75 Å². The zero-order valence-corrected chi connectivity index (χ0v) is 9.75. The van der Waals surface area contributed by atoms with E-state index in [0.717, 1.165) is 16.0 Å². The summed E-state index contributed by atoms with van der Waals surface area (Å²) in [7, 11) is 1.66. The Kier molecular flexibility index (Phi) is 3.33. The second kappa shape index (κ2) is 4.91. The van der Waals surface area contributed by atoms with Crippen LogP contribution in [0.4, 0.5) is 0 Å². The van der Waals surface area contributed by atoms with E-state index < -0.39 is 0 Å². The van der Waals surface area contributed by atoms with E-state index in [0.29, 0.717) is 5.75 Å². The molecule has 2 aromatic rings. The fourth-order valence-corrected chi connectivity index (χ4v) is 2.14. The van der Waals surface area contributed by atoms with Crippen molar-refractivity contribution in [2.45, 2.75) is 4.90 Å². The van der Waals surface area contributed by atoms with Gasteiger partial charge in [0, 0.05) is 4.90 Å². The van der Waals surface area contributed by atoms with Crippen molar-refractivity contribution in [3.63, 3.8) is 0 Å². The highest BCUT2D eigenvalue weighted by Gasteiger charge is 1.99. The molecule has 0 bridgehead atoms. The van der Waals surface area contributed by atoms with Gasteiger partial charge in [0.1, 0.15) is 5.75 Å². The second-order valence-electron chi connectivity index (χ2n) is 3.32. The molecule has 80 valence electrons. The first-order valence-electron chi connectivity index (χ1n) is 4.91. The molecule has 0 aromatic heterocycles. The van der Waals surface area contributed by atoms with Crippen molar-refractivity contribution in [1.29, 1.82) is 5.26 Å². The maximum absolute atomic E-state index is 8.52. The van der Waals surface area contributed by atoms with Crippen LogP contribution in [0.3, 0.4) is 0 Å². The molecule has 0 aliphatic rings. The van der Waals surface area contributed by atoms with Crippen LogP contribution >= 0.6 is 11.8 Å². The van der Waals surface area contributed by atoms with Crippen molar-refractivity contribution < 1.29 is 4.74 Å². The van der Waals surface area contributed by atoms with E-state index in [-0.39, 0.29) is 0 Å². The molecule has 2 rings (SSSR count). The third-order valence-corrected chi connectivity index (χ3v) is 3.18. The third kappa shape index (κ3) is 2.29. The Labute approximate surface area is 98.8 Å². The standard InChI is InChI=1S/C13H11NOS/c1-15-12-4-2-11-9-13(16-7-6-14)5-3-10(11)8-12/h2-5,8-9H,7H2,1H3. The predicted molar refractivity (Wildman–Crippen MR) is 66.8 cm³/mol. The summed E-state index contributed by atoms with van der Waals surface area (Å²) in [4.78, 5) is 1.12. The molecule has 16 heavy (non-hydrogen) atoms. The first-order valence-corrected chi connectivity index (χ1v) is 5.89. The summed E-state index contributed by atoms with van der Waals surface area (Å²) in [6.45, 7) is 0. The fraction of sp³-hybridized carbons (Fsp3) is 0.154. The first kappa shape index (κ1) is 10.8. The Morgan fingerprint density at radius 3 is 2.69 bits per heavy atom. The molecule has 0 aliphatic heterocycles. The molecule has 0 fully saturated rings. The fourth-order valence-electron chi connectivity index (χ4n) is 1.53. The Balaban J connectivity index is 2.36. The van der Waals surface area contributed by atoms with Crippen LogP contribution in [0, 0.1) is 11.3 Å². The van der Waals surface area contributed by atoms with Crippen molar-refractivity contribution in [2.75, 3.05) is 12.9 Å². The summed E-state index contributed by atoms with van der Waals surface area (Å²) in [5, 5.41) is 10.8. The van der Waals surface area contributed by atoms with Gasteiger partial charge in [0.2, 0.25) is 0 Å². The van der Waals surface area contributed by atoms with Crippen LogP contribution < -0.4 is 4.74 Å². The highest BCUT2D eigenvalue weighted by molar-refractivity contribution is 7.99. The summed E-state index contributed by atoms with van der Waals surface area (Å²) < 4.78 is 5.17. The number of rotatable bonds is 3. The highest BCUT2D eigenvalue weighted by Crippen LogP contribution is 2.26. The number of fused-ring (bicyclic) bond motifs is 1. The minimum atomic E-state index is 0.488. The average Bonchev–Trinajstić information content (AvgIpc) is 2.35. The Morgan fingerprint density at radius 1 is 1.19 bits per heavy atom. The van der Waals surface area contributed by atoms with Gasteiger partial charge in [0.05, 0.1) is 18.9 Å². The molecular weight excluding hydrogens is 218 g/mol. The van der Waals surface area contributed by atoms with E-state index in [9.17, 15) is 0 Å². The topological polar surface area (TPSA) is 33.0 Å². The first-order chi connectivity index (χ1) is 7.83. The molecule has 0 aliphatic carbocycles. The Hall–Kier alpha value is -1.66. The summed E-state index contributed by atoms with van der Waals surface area (Å²) in [5.41, 5.74) is 0. The van der Waals surface area contributed by atoms with Gasteiger partial charge in [-0.15, -0.1) is 11.8 Å². The lowest BCUT2D eigenvalue weighted by Gasteiger charge is -2.04. The van der Waals surface area contributed by atoms with Gasteiger partial charge in [-0.3, -0.25) is 0 Å². The Morgan fingerprint density at radius 2 is 1.94 bits per heavy atom. The van der Waals surface area contributed by atoms with Gasteiger partial charge in [-0.1, -0.05) is 12.1 Å². The van der Waals surface area contributed by atoms with Gasteiger partial charge < -0.3 is 4.74 Å². The molecular formula is C13H11NOS. The maximum Gasteiger partial charge on any atom is 0.119 e. The van der Waals surface area contributed by atoms with Crippen molar-refractivity contribution in [3.8, 4) is 11.8 Å². The van der Waals surface area contributed by atoms with E-state index in [4.69, 9.17) is 10.00 Å². The van der Waals surface area contributed by atoms with Crippen LogP contribution in [0.1, 0.15) is 0 Å². The van der Waals surface area contributed by atoms with E-state index in [1.54, 1.807) is 18.9 Å². The second-order valence-corrected chi connectivity index (χ2v) is 4.37. The lowest BCUT2D eigenvalue weighted by atomic mass is 10.1. The highest BCUT2D eigenvalue weighted by atomic mass is 32.2. The molecule has 0 radical (unpaired) electrons. The zero-order valence-electron chi connectivity index (χ0n) is 8.93. The van der Waals surface area contributed by atoms with E-state index in [2.05, 4.69) is 18.2 Å². The quantitative estimate of drug-likeness (QED) is 0.755. The zero-order chi connectivity index (χ0) is 11.4. The number of thioether (sulfide) groups is 1. The summed E-state index contributed by atoms with van der Waals surface area (Å²) >= 11 is 1.55. The number of methoxy groups -OCH3 is 1. The van der Waals surface area contributed by atoms with Gasteiger partial charge in [-0.25, -0.2) is 0 Å². The molecule has 0 amide bonds. The maximum atomic E-state index is 8.52. The largest absolute Gasteiger partial charge is 0.497 e. The molecule has 0 unspecified atom stereocenters.